The molecule has 0 aliphatic heterocycles. The largest absolute Gasteiger partial charge is 0.453 e. The lowest BCUT2D eigenvalue weighted by atomic mass is 10.1. The molecule has 0 aliphatic rings. The van der Waals surface area contributed by atoms with Crippen LogP contribution in [-0.2, 0) is 0 Å². The highest BCUT2D eigenvalue weighted by molar-refractivity contribution is 6.30. The molecule has 2 rings (SSSR count). The van der Waals surface area contributed by atoms with Crippen LogP contribution in [0, 0.1) is 11.6 Å². The van der Waals surface area contributed by atoms with Gasteiger partial charge in [0.25, 0.3) is 0 Å². The van der Waals surface area contributed by atoms with Gasteiger partial charge in [-0.2, -0.15) is 0 Å². The van der Waals surface area contributed by atoms with E-state index in [1.807, 2.05) is 0 Å². The molecule has 0 bridgehead atoms. The number of ether oxygens (including phenoxy) is 1. The summed E-state index contributed by atoms with van der Waals surface area (Å²) >= 11 is 5.54. The smallest absolute Gasteiger partial charge is 0.173 e. The summed E-state index contributed by atoms with van der Waals surface area (Å²) in [4.78, 5) is 11.4. The van der Waals surface area contributed by atoms with Gasteiger partial charge in [0, 0.05) is 6.07 Å². The van der Waals surface area contributed by atoms with Gasteiger partial charge < -0.3 is 4.74 Å². The number of carbonyl (C=O) groups is 1. The average Bonchev–Trinajstić information content (AvgIpc) is 2.36. The summed E-state index contributed by atoms with van der Waals surface area (Å²) < 4.78 is 32.2. The third-order valence-electron chi connectivity index (χ3n) is 2.46. The molecule has 0 heterocycles. The van der Waals surface area contributed by atoms with Crippen molar-refractivity contribution >= 4 is 17.4 Å². The summed E-state index contributed by atoms with van der Waals surface area (Å²) in [6.45, 7) is 1.30. The summed E-state index contributed by atoms with van der Waals surface area (Å²) in [5.74, 6) is -1.88. The molecule has 0 aromatic heterocycles. The van der Waals surface area contributed by atoms with Gasteiger partial charge in [0.1, 0.15) is 11.6 Å². The predicted molar refractivity (Wildman–Crippen MR) is 67.9 cm³/mol. The number of rotatable bonds is 3. The molecule has 0 unspecified atom stereocenters. The first-order chi connectivity index (χ1) is 8.99. The average molecular weight is 283 g/mol. The van der Waals surface area contributed by atoms with Crippen molar-refractivity contribution < 1.29 is 18.3 Å². The molecule has 19 heavy (non-hydrogen) atoms. The number of Topliss-reactive ketones (excluding diaryl/α,β-unsaturated/α-hetero) is 1. The van der Waals surface area contributed by atoms with E-state index >= 15 is 0 Å². The van der Waals surface area contributed by atoms with Gasteiger partial charge in [-0.05, 0) is 31.2 Å². The molecule has 0 aliphatic carbocycles. The highest BCUT2D eigenvalue weighted by Crippen LogP contribution is 2.30. The molecule has 98 valence electrons. The molecule has 0 saturated carbocycles. The molecule has 2 aromatic rings. The zero-order chi connectivity index (χ0) is 14.0. The van der Waals surface area contributed by atoms with Crippen molar-refractivity contribution in [3.63, 3.8) is 0 Å². The van der Waals surface area contributed by atoms with E-state index in [-0.39, 0.29) is 27.9 Å². The van der Waals surface area contributed by atoms with Crippen LogP contribution in [0.4, 0.5) is 8.78 Å². The number of hydrogen-bond donors (Lipinski definition) is 0. The van der Waals surface area contributed by atoms with Crippen LogP contribution in [-0.4, -0.2) is 5.78 Å². The Morgan fingerprint density at radius 2 is 1.89 bits per heavy atom. The minimum atomic E-state index is -0.692. The summed E-state index contributed by atoms with van der Waals surface area (Å²) in [6, 6.07) is 7.71. The first-order valence-electron chi connectivity index (χ1n) is 5.41. The van der Waals surface area contributed by atoms with Gasteiger partial charge in [-0.25, -0.2) is 8.78 Å². The van der Waals surface area contributed by atoms with Crippen molar-refractivity contribution in [2.75, 3.05) is 0 Å². The zero-order valence-electron chi connectivity index (χ0n) is 9.91. The summed E-state index contributed by atoms with van der Waals surface area (Å²) in [7, 11) is 0. The normalized spacial score (nSPS) is 10.3. The van der Waals surface area contributed by atoms with Crippen molar-refractivity contribution in [1.29, 1.82) is 0 Å². The third-order valence-corrected chi connectivity index (χ3v) is 2.76. The monoisotopic (exact) mass is 282 g/mol. The lowest BCUT2D eigenvalue weighted by Crippen LogP contribution is -1.99. The van der Waals surface area contributed by atoms with E-state index in [4.69, 9.17) is 16.3 Å². The Labute approximate surface area is 113 Å². The Morgan fingerprint density at radius 1 is 1.16 bits per heavy atom. The molecule has 0 amide bonds. The summed E-state index contributed by atoms with van der Waals surface area (Å²) in [5.41, 5.74) is 0.0929. The molecule has 0 N–H and O–H groups in total. The topological polar surface area (TPSA) is 26.3 Å². The summed E-state index contributed by atoms with van der Waals surface area (Å²) in [6.07, 6.45) is 0. The SMILES string of the molecule is CC(=O)c1cccc(F)c1Oc1ccc(Cl)c(F)c1. The van der Waals surface area contributed by atoms with Crippen molar-refractivity contribution in [1.82, 2.24) is 0 Å². The highest BCUT2D eigenvalue weighted by atomic mass is 35.5. The fourth-order valence-corrected chi connectivity index (χ4v) is 1.67. The quantitative estimate of drug-likeness (QED) is 0.768. The first-order valence-corrected chi connectivity index (χ1v) is 5.79. The number of hydrogen-bond acceptors (Lipinski definition) is 2. The lowest BCUT2D eigenvalue weighted by Gasteiger charge is -2.10. The van der Waals surface area contributed by atoms with E-state index < -0.39 is 11.6 Å². The van der Waals surface area contributed by atoms with Gasteiger partial charge >= 0.3 is 0 Å². The van der Waals surface area contributed by atoms with Gasteiger partial charge in [0.2, 0.25) is 0 Å². The number of para-hydroxylation sites is 1. The molecule has 2 nitrogen and oxygen atoms in total. The lowest BCUT2D eigenvalue weighted by molar-refractivity contribution is 0.101. The standard InChI is InChI=1S/C14H9ClF2O2/c1-8(18)10-3-2-4-12(16)14(10)19-9-5-6-11(15)13(17)7-9/h2-7H,1H3. The van der Waals surface area contributed by atoms with Crippen LogP contribution in [0.2, 0.25) is 5.02 Å². The molecule has 0 fully saturated rings. The van der Waals surface area contributed by atoms with E-state index in [0.717, 1.165) is 12.1 Å². The number of carbonyl (C=O) groups excluding carboxylic acids is 1. The molecule has 0 spiro atoms. The van der Waals surface area contributed by atoms with E-state index in [1.165, 1.54) is 31.2 Å². The van der Waals surface area contributed by atoms with Gasteiger partial charge in [0.05, 0.1) is 10.6 Å². The maximum atomic E-state index is 13.7. The van der Waals surface area contributed by atoms with Gasteiger partial charge in [-0.3, -0.25) is 4.79 Å². The van der Waals surface area contributed by atoms with Crippen molar-refractivity contribution in [3.05, 3.63) is 58.6 Å². The van der Waals surface area contributed by atoms with Crippen LogP contribution in [0.15, 0.2) is 36.4 Å². The van der Waals surface area contributed by atoms with Crippen LogP contribution in [0.5, 0.6) is 11.5 Å². The molecular formula is C14H9ClF2O2. The second-order valence-electron chi connectivity index (χ2n) is 3.85. The van der Waals surface area contributed by atoms with Crippen LogP contribution >= 0.6 is 11.6 Å². The Morgan fingerprint density at radius 3 is 2.53 bits per heavy atom. The Hall–Kier alpha value is -1.94. The number of halogens is 3. The minimum absolute atomic E-state index is 0.0623. The van der Waals surface area contributed by atoms with Gasteiger partial charge in [-0.1, -0.05) is 17.7 Å². The van der Waals surface area contributed by atoms with Crippen molar-refractivity contribution in [2.24, 2.45) is 0 Å². The van der Waals surface area contributed by atoms with E-state index in [2.05, 4.69) is 0 Å². The Kier molecular flexibility index (Phi) is 3.81. The minimum Gasteiger partial charge on any atom is -0.453 e. The Bertz CT molecular complexity index is 641. The maximum Gasteiger partial charge on any atom is 0.173 e. The maximum absolute atomic E-state index is 13.7. The fraction of sp³-hybridized carbons (Fsp3) is 0.0714. The molecule has 0 atom stereocenters. The zero-order valence-corrected chi connectivity index (χ0v) is 10.7. The fourth-order valence-electron chi connectivity index (χ4n) is 1.55. The van der Waals surface area contributed by atoms with Crippen LogP contribution in [0.3, 0.4) is 0 Å². The number of ketones is 1. The first kappa shape index (κ1) is 13.5. The van der Waals surface area contributed by atoms with Gasteiger partial charge in [-0.15, -0.1) is 0 Å². The molecule has 0 radical (unpaired) electrons. The molecule has 2 aromatic carbocycles. The van der Waals surface area contributed by atoms with E-state index in [0.29, 0.717) is 0 Å². The Balaban J connectivity index is 2.42. The molecule has 0 saturated heterocycles. The van der Waals surface area contributed by atoms with Gasteiger partial charge in [0.15, 0.2) is 17.3 Å². The third kappa shape index (κ3) is 2.90. The summed E-state index contributed by atoms with van der Waals surface area (Å²) in [5, 5.41) is -0.0623. The number of benzene rings is 2. The van der Waals surface area contributed by atoms with Crippen molar-refractivity contribution in [2.45, 2.75) is 6.92 Å². The molecule has 5 heteroatoms. The van der Waals surface area contributed by atoms with E-state index in [9.17, 15) is 13.6 Å². The van der Waals surface area contributed by atoms with Crippen LogP contribution < -0.4 is 4.74 Å². The second kappa shape index (κ2) is 5.36. The predicted octanol–water partition coefficient (Wildman–Crippen LogP) is 4.61. The molecular weight excluding hydrogens is 274 g/mol. The van der Waals surface area contributed by atoms with Crippen LogP contribution in [0.1, 0.15) is 17.3 Å². The van der Waals surface area contributed by atoms with E-state index in [1.54, 1.807) is 0 Å². The van der Waals surface area contributed by atoms with Crippen LogP contribution in [0.25, 0.3) is 0 Å². The highest BCUT2D eigenvalue weighted by Gasteiger charge is 2.15. The second-order valence-corrected chi connectivity index (χ2v) is 4.26. The van der Waals surface area contributed by atoms with Crippen molar-refractivity contribution in [3.8, 4) is 11.5 Å².